The summed E-state index contributed by atoms with van der Waals surface area (Å²) in [4.78, 5) is 14.2. The third kappa shape index (κ3) is 7.16. The second-order valence-corrected chi connectivity index (χ2v) is 8.30. The van der Waals surface area contributed by atoms with Crippen LogP contribution in [0.2, 0.25) is 0 Å². The summed E-state index contributed by atoms with van der Waals surface area (Å²) >= 11 is 0. The third-order valence-corrected chi connectivity index (χ3v) is 5.38. The van der Waals surface area contributed by atoms with Crippen molar-refractivity contribution in [1.82, 2.24) is 4.90 Å². The first-order valence-corrected chi connectivity index (χ1v) is 10.9. The Morgan fingerprint density at radius 3 is 2.35 bits per heavy atom. The zero-order chi connectivity index (χ0) is 23.2. The van der Waals surface area contributed by atoms with Gasteiger partial charge in [-0.1, -0.05) is 6.07 Å². The van der Waals surface area contributed by atoms with Gasteiger partial charge in [0.2, 0.25) is 15.9 Å². The lowest BCUT2D eigenvalue weighted by Crippen LogP contribution is -2.39. The highest BCUT2D eigenvalue weighted by Crippen LogP contribution is 2.30. The number of amides is 1. The number of hydrogen-bond donors (Lipinski definition) is 2. The largest absolute Gasteiger partial charge is 0.490 e. The van der Waals surface area contributed by atoms with Gasteiger partial charge in [-0.25, -0.2) is 13.6 Å². The van der Waals surface area contributed by atoms with Gasteiger partial charge in [-0.05, 0) is 62.9 Å². The van der Waals surface area contributed by atoms with Gasteiger partial charge in [-0.15, -0.1) is 0 Å². The first-order valence-electron chi connectivity index (χ1n) is 9.35. The average molecular weight is 457 g/mol. The van der Waals surface area contributed by atoms with Gasteiger partial charge in [-0.2, -0.15) is 8.78 Å². The number of nitrogens with one attached hydrogen (secondary N) is 1. The van der Waals surface area contributed by atoms with Gasteiger partial charge in [-0.3, -0.25) is 9.69 Å². The van der Waals surface area contributed by atoms with Crippen LogP contribution in [0.15, 0.2) is 47.4 Å². The molecule has 0 bridgehead atoms. The van der Waals surface area contributed by atoms with Gasteiger partial charge < -0.3 is 14.8 Å². The Morgan fingerprint density at radius 2 is 1.81 bits per heavy atom. The number of carbonyl (C=O) groups is 1. The van der Waals surface area contributed by atoms with E-state index in [1.54, 1.807) is 37.9 Å². The zero-order valence-electron chi connectivity index (χ0n) is 17.3. The second-order valence-electron chi connectivity index (χ2n) is 6.74. The van der Waals surface area contributed by atoms with Gasteiger partial charge in [0.25, 0.3) is 0 Å². The molecule has 0 fully saturated rings. The number of halogens is 2. The molecule has 3 N–H and O–H groups in total. The average Bonchev–Trinajstić information content (AvgIpc) is 2.69. The van der Waals surface area contributed by atoms with Crippen molar-refractivity contribution in [2.45, 2.75) is 37.9 Å². The number of ether oxygens (including phenoxy) is 2. The van der Waals surface area contributed by atoms with Gasteiger partial charge in [0.05, 0.1) is 17.5 Å². The second kappa shape index (κ2) is 10.5. The topological polar surface area (TPSA) is 111 Å². The SMILES string of the molecule is CCOc1cc(CN(C)C(C)C(=O)Nc2ccc(S(N)(=O)=O)cc2)ccc1OC(F)F. The monoisotopic (exact) mass is 457 g/mol. The van der Waals surface area contributed by atoms with Crippen molar-refractivity contribution >= 4 is 21.6 Å². The minimum absolute atomic E-state index is 0.0555. The molecule has 0 spiro atoms. The van der Waals surface area contributed by atoms with Crippen molar-refractivity contribution in [3.8, 4) is 11.5 Å². The van der Waals surface area contributed by atoms with E-state index in [2.05, 4.69) is 10.1 Å². The molecule has 0 aromatic heterocycles. The fourth-order valence-corrected chi connectivity index (χ4v) is 3.23. The number of carbonyl (C=O) groups excluding carboxylic acids is 1. The summed E-state index contributed by atoms with van der Waals surface area (Å²) in [7, 11) is -2.08. The molecule has 2 aromatic carbocycles. The maximum absolute atomic E-state index is 12.5. The molecule has 0 saturated heterocycles. The molecule has 0 aliphatic rings. The van der Waals surface area contributed by atoms with Crippen LogP contribution < -0.4 is 19.9 Å². The van der Waals surface area contributed by atoms with Gasteiger partial charge in [0, 0.05) is 12.2 Å². The summed E-state index contributed by atoms with van der Waals surface area (Å²) in [6, 6.07) is 9.56. The van der Waals surface area contributed by atoms with Crippen LogP contribution in [0.5, 0.6) is 11.5 Å². The number of hydrogen-bond acceptors (Lipinski definition) is 6. The first kappa shape index (κ1) is 24.5. The van der Waals surface area contributed by atoms with Gasteiger partial charge >= 0.3 is 6.61 Å². The maximum atomic E-state index is 12.5. The number of rotatable bonds is 10. The standard InChI is InChI=1S/C20H25F2N3O5S/c1-4-29-18-11-14(5-10-17(18)30-20(21)22)12-25(3)13(2)19(26)24-15-6-8-16(9-7-15)31(23,27)28/h5-11,13,20H,4,12H2,1-3H3,(H,24,26)(H2,23,27,28). The Hall–Kier alpha value is -2.76. The Kier molecular flexibility index (Phi) is 8.31. The molecule has 8 nitrogen and oxygen atoms in total. The van der Waals surface area contributed by atoms with E-state index < -0.39 is 22.7 Å². The Balaban J connectivity index is 2.04. The van der Waals surface area contributed by atoms with E-state index in [9.17, 15) is 22.0 Å². The molecule has 1 unspecified atom stereocenters. The van der Waals surface area contributed by atoms with Crippen molar-refractivity contribution in [2.24, 2.45) is 5.14 Å². The number of anilines is 1. The molecule has 1 amide bonds. The minimum Gasteiger partial charge on any atom is -0.490 e. The highest BCUT2D eigenvalue weighted by Gasteiger charge is 2.20. The van der Waals surface area contributed by atoms with E-state index in [0.29, 0.717) is 12.2 Å². The smallest absolute Gasteiger partial charge is 0.387 e. The molecule has 0 aliphatic carbocycles. The molecule has 0 heterocycles. The highest BCUT2D eigenvalue weighted by molar-refractivity contribution is 7.89. The lowest BCUT2D eigenvalue weighted by molar-refractivity contribution is -0.120. The molecule has 0 saturated carbocycles. The van der Waals surface area contributed by atoms with Crippen LogP contribution in [0.1, 0.15) is 19.4 Å². The fraction of sp³-hybridized carbons (Fsp3) is 0.350. The fourth-order valence-electron chi connectivity index (χ4n) is 2.71. The number of benzene rings is 2. The number of likely N-dealkylation sites (N-methyl/N-ethyl adjacent to an activating group) is 1. The van der Waals surface area contributed by atoms with Crippen molar-refractivity contribution in [3.05, 3.63) is 48.0 Å². The number of nitrogens with two attached hydrogens (primary N) is 1. The Bertz CT molecular complexity index is 1000. The van der Waals surface area contributed by atoms with E-state index in [1.165, 1.54) is 30.3 Å². The van der Waals surface area contributed by atoms with E-state index in [1.807, 2.05) is 0 Å². The molecular formula is C20H25F2N3O5S. The van der Waals surface area contributed by atoms with E-state index in [-0.39, 0.29) is 28.9 Å². The van der Waals surface area contributed by atoms with Crippen LogP contribution >= 0.6 is 0 Å². The van der Waals surface area contributed by atoms with Crippen LogP contribution in [0.4, 0.5) is 14.5 Å². The molecule has 11 heteroatoms. The summed E-state index contributed by atoms with van der Waals surface area (Å²) in [5, 5.41) is 7.76. The van der Waals surface area contributed by atoms with E-state index in [0.717, 1.165) is 5.56 Å². The Morgan fingerprint density at radius 1 is 1.16 bits per heavy atom. The summed E-state index contributed by atoms with van der Waals surface area (Å²) in [5.74, 6) is -0.175. The minimum atomic E-state index is -3.81. The quantitative estimate of drug-likeness (QED) is 0.568. The van der Waals surface area contributed by atoms with Crippen LogP contribution in [-0.2, 0) is 21.4 Å². The normalized spacial score (nSPS) is 12.6. The molecule has 31 heavy (non-hydrogen) atoms. The summed E-state index contributed by atoms with van der Waals surface area (Å²) < 4.78 is 57.5. The summed E-state index contributed by atoms with van der Waals surface area (Å²) in [6.45, 7) is 1.09. The first-order chi connectivity index (χ1) is 14.5. The summed E-state index contributed by atoms with van der Waals surface area (Å²) in [6.07, 6.45) is 0. The van der Waals surface area contributed by atoms with Crippen LogP contribution in [0, 0.1) is 0 Å². The van der Waals surface area contributed by atoms with Crippen molar-refractivity contribution < 1.29 is 31.5 Å². The molecule has 0 radical (unpaired) electrons. The zero-order valence-corrected chi connectivity index (χ0v) is 18.2. The van der Waals surface area contributed by atoms with E-state index in [4.69, 9.17) is 9.88 Å². The van der Waals surface area contributed by atoms with Crippen LogP contribution in [0.25, 0.3) is 0 Å². The molecule has 2 rings (SSSR count). The van der Waals surface area contributed by atoms with Crippen molar-refractivity contribution in [3.63, 3.8) is 0 Å². The number of alkyl halides is 2. The number of nitrogens with zero attached hydrogens (tertiary/aromatic N) is 1. The lowest BCUT2D eigenvalue weighted by Gasteiger charge is -2.24. The van der Waals surface area contributed by atoms with Crippen LogP contribution in [0.3, 0.4) is 0 Å². The number of primary sulfonamides is 1. The third-order valence-electron chi connectivity index (χ3n) is 4.45. The molecule has 170 valence electrons. The van der Waals surface area contributed by atoms with Gasteiger partial charge in [0.15, 0.2) is 11.5 Å². The maximum Gasteiger partial charge on any atom is 0.387 e. The summed E-state index contributed by atoms with van der Waals surface area (Å²) in [5.41, 5.74) is 1.16. The van der Waals surface area contributed by atoms with E-state index >= 15 is 0 Å². The van der Waals surface area contributed by atoms with Gasteiger partial charge in [0.1, 0.15) is 0 Å². The number of sulfonamides is 1. The highest BCUT2D eigenvalue weighted by atomic mass is 32.2. The predicted octanol–water partition coefficient (Wildman–Crippen LogP) is 2.79. The molecule has 1 atom stereocenters. The molecule has 2 aromatic rings. The molecule has 0 aliphatic heterocycles. The van der Waals surface area contributed by atoms with Crippen LogP contribution in [-0.4, -0.2) is 45.5 Å². The van der Waals surface area contributed by atoms with Crippen molar-refractivity contribution in [1.29, 1.82) is 0 Å². The predicted molar refractivity (Wildman–Crippen MR) is 112 cm³/mol. The van der Waals surface area contributed by atoms with Crippen molar-refractivity contribution in [2.75, 3.05) is 19.0 Å². The molecular weight excluding hydrogens is 432 g/mol. The Labute approximate surface area is 180 Å². The lowest BCUT2D eigenvalue weighted by atomic mass is 10.1.